The highest BCUT2D eigenvalue weighted by Crippen LogP contribution is 2.61. The van der Waals surface area contributed by atoms with Crippen molar-refractivity contribution in [3.63, 3.8) is 0 Å². The number of benzene rings is 1. The number of nitrogens with one attached hydrogen (secondary N) is 1. The first kappa shape index (κ1) is 20.7. The summed E-state index contributed by atoms with van der Waals surface area (Å²) < 4.78 is 12.5. The zero-order valence-corrected chi connectivity index (χ0v) is 18.8. The third-order valence-corrected chi connectivity index (χ3v) is 8.88. The molecule has 1 aromatic heterocycles. The number of methoxy groups -OCH3 is 1. The summed E-state index contributed by atoms with van der Waals surface area (Å²) in [7, 11) is 1.66. The molecule has 0 aliphatic heterocycles. The monoisotopic (exact) mass is 448 g/mol. The third-order valence-electron chi connectivity index (χ3n) is 6.84. The number of aliphatic hydroxyl groups is 1. The van der Waals surface area contributed by atoms with Gasteiger partial charge in [-0.2, -0.15) is 0 Å². The van der Waals surface area contributed by atoms with Gasteiger partial charge in [0.2, 0.25) is 5.91 Å². The Kier molecular flexibility index (Phi) is 5.56. The van der Waals surface area contributed by atoms with Crippen LogP contribution in [0.15, 0.2) is 22.5 Å². The topological polar surface area (TPSA) is 80.7 Å². The lowest BCUT2D eigenvalue weighted by Crippen LogP contribution is -2.59. The minimum absolute atomic E-state index is 0.0834. The summed E-state index contributed by atoms with van der Waals surface area (Å²) in [5, 5.41) is 14.1. The predicted octanol–water partition coefficient (Wildman–Crippen LogP) is 4.28. The third kappa shape index (κ3) is 4.00. The van der Waals surface area contributed by atoms with Crippen molar-refractivity contribution >= 4 is 44.9 Å². The Bertz CT molecular complexity index is 932. The van der Waals surface area contributed by atoms with Gasteiger partial charge in [0.1, 0.15) is 0 Å². The molecule has 30 heavy (non-hydrogen) atoms. The van der Waals surface area contributed by atoms with Gasteiger partial charge < -0.3 is 19.9 Å². The first-order valence-corrected chi connectivity index (χ1v) is 12.4. The molecule has 8 heteroatoms. The van der Waals surface area contributed by atoms with Gasteiger partial charge in [0.05, 0.1) is 40.4 Å². The van der Waals surface area contributed by atoms with Gasteiger partial charge in [0, 0.05) is 12.8 Å². The number of ether oxygens (including phenoxy) is 2. The van der Waals surface area contributed by atoms with Crippen molar-refractivity contribution in [3.8, 4) is 0 Å². The molecule has 2 N–H and O–H groups in total. The number of nitrogens with zero attached hydrogens (tertiary/aromatic N) is 1. The maximum Gasteiger partial charge on any atom is 0.230 e. The summed E-state index contributed by atoms with van der Waals surface area (Å²) in [6.45, 7) is 1.16. The SMILES string of the molecule is COCCOCSc1nc2ccc(NC(=O)C34CC5CC(CC(O)(C5)C3)C4)cc2s1. The van der Waals surface area contributed by atoms with Gasteiger partial charge in [-0.1, -0.05) is 11.8 Å². The van der Waals surface area contributed by atoms with E-state index in [0.717, 1.165) is 45.9 Å². The number of thiazole rings is 1. The second-order valence-corrected chi connectivity index (χ2v) is 11.4. The van der Waals surface area contributed by atoms with Gasteiger partial charge in [0.15, 0.2) is 4.34 Å². The highest BCUT2D eigenvalue weighted by atomic mass is 32.2. The van der Waals surface area contributed by atoms with E-state index in [-0.39, 0.29) is 5.91 Å². The fourth-order valence-corrected chi connectivity index (χ4v) is 7.93. The van der Waals surface area contributed by atoms with Crippen LogP contribution >= 0.6 is 23.1 Å². The quantitative estimate of drug-likeness (QED) is 0.356. The molecule has 6 nitrogen and oxygen atoms in total. The van der Waals surface area contributed by atoms with E-state index >= 15 is 0 Å². The van der Waals surface area contributed by atoms with Crippen LogP contribution in [0, 0.1) is 17.3 Å². The summed E-state index contributed by atoms with van der Waals surface area (Å²) in [6, 6.07) is 5.90. The lowest BCUT2D eigenvalue weighted by Gasteiger charge is -2.59. The summed E-state index contributed by atoms with van der Waals surface area (Å²) in [4.78, 5) is 18.0. The zero-order valence-electron chi connectivity index (χ0n) is 17.2. The summed E-state index contributed by atoms with van der Waals surface area (Å²) in [6.07, 6.45) is 5.39. The molecule has 0 saturated heterocycles. The smallest absolute Gasteiger partial charge is 0.230 e. The Morgan fingerprint density at radius 2 is 2.10 bits per heavy atom. The number of amides is 1. The number of carbonyl (C=O) groups excluding carboxylic acids is 1. The Labute approximate surface area is 184 Å². The van der Waals surface area contributed by atoms with E-state index in [4.69, 9.17) is 9.47 Å². The minimum Gasteiger partial charge on any atom is -0.390 e. The lowest BCUT2D eigenvalue weighted by molar-refractivity contribution is -0.174. The lowest BCUT2D eigenvalue weighted by atomic mass is 9.47. The van der Waals surface area contributed by atoms with Crippen molar-refractivity contribution in [1.82, 2.24) is 4.98 Å². The first-order chi connectivity index (χ1) is 14.5. The van der Waals surface area contributed by atoms with Crippen LogP contribution in [-0.4, -0.2) is 47.9 Å². The van der Waals surface area contributed by atoms with E-state index in [1.54, 1.807) is 30.2 Å². The molecule has 2 atom stereocenters. The van der Waals surface area contributed by atoms with E-state index in [1.165, 1.54) is 6.42 Å². The second kappa shape index (κ2) is 8.06. The molecule has 4 saturated carbocycles. The highest BCUT2D eigenvalue weighted by molar-refractivity contribution is 8.01. The molecule has 4 aliphatic rings. The fraction of sp³-hybridized carbons (Fsp3) is 0.636. The summed E-state index contributed by atoms with van der Waals surface area (Å²) in [5.41, 5.74) is 0.719. The van der Waals surface area contributed by atoms with Gasteiger partial charge in [-0.25, -0.2) is 4.98 Å². The maximum atomic E-state index is 13.3. The van der Waals surface area contributed by atoms with Crippen LogP contribution in [-0.2, 0) is 14.3 Å². The van der Waals surface area contributed by atoms with Crippen molar-refractivity contribution in [2.75, 3.05) is 31.6 Å². The molecular formula is C22H28N2O4S2. The number of thioether (sulfide) groups is 1. The van der Waals surface area contributed by atoms with Crippen molar-refractivity contribution in [3.05, 3.63) is 18.2 Å². The molecule has 4 aliphatic carbocycles. The van der Waals surface area contributed by atoms with E-state index < -0.39 is 11.0 Å². The molecule has 1 heterocycles. The van der Waals surface area contributed by atoms with Crippen LogP contribution in [0.1, 0.15) is 38.5 Å². The Balaban J connectivity index is 1.26. The molecule has 1 aromatic carbocycles. The molecule has 2 unspecified atom stereocenters. The number of carbonyl (C=O) groups is 1. The number of hydrogen-bond acceptors (Lipinski definition) is 7. The van der Waals surface area contributed by atoms with Gasteiger partial charge in [0.25, 0.3) is 0 Å². The zero-order chi connectivity index (χ0) is 20.8. The maximum absolute atomic E-state index is 13.3. The van der Waals surface area contributed by atoms with Crippen LogP contribution in [0.25, 0.3) is 10.2 Å². The van der Waals surface area contributed by atoms with E-state index in [9.17, 15) is 9.90 Å². The molecule has 0 spiro atoms. The summed E-state index contributed by atoms with van der Waals surface area (Å²) >= 11 is 3.18. The number of anilines is 1. The number of hydrogen-bond donors (Lipinski definition) is 2. The molecule has 4 fully saturated rings. The fourth-order valence-electron chi connectivity index (χ4n) is 6.08. The molecule has 6 rings (SSSR count). The average molecular weight is 449 g/mol. The van der Waals surface area contributed by atoms with Crippen molar-refractivity contribution in [2.45, 2.75) is 48.5 Å². The normalized spacial score (nSPS) is 32.1. The van der Waals surface area contributed by atoms with Gasteiger partial charge >= 0.3 is 0 Å². The largest absolute Gasteiger partial charge is 0.390 e. The molecule has 162 valence electrons. The minimum atomic E-state index is -0.625. The highest BCUT2D eigenvalue weighted by Gasteiger charge is 2.60. The summed E-state index contributed by atoms with van der Waals surface area (Å²) in [5.74, 6) is 1.62. The van der Waals surface area contributed by atoms with Crippen molar-refractivity contribution in [1.29, 1.82) is 0 Å². The molecule has 2 aromatic rings. The standard InChI is InChI=1S/C22H28N2O4S2/c1-27-4-5-28-13-29-20-24-17-3-2-16(7-18(17)30-20)23-19(25)21-8-14-6-15(9-21)11-22(26,10-14)12-21/h2-3,7,14-15,26H,4-6,8-13H2,1H3,(H,23,25). The molecule has 4 bridgehead atoms. The number of fused-ring (bicyclic) bond motifs is 1. The predicted molar refractivity (Wildman–Crippen MR) is 119 cm³/mol. The molecule has 0 radical (unpaired) electrons. The van der Waals surface area contributed by atoms with Gasteiger partial charge in [-0.05, 0) is 68.6 Å². The first-order valence-electron chi connectivity index (χ1n) is 10.6. The van der Waals surface area contributed by atoms with E-state index in [1.807, 2.05) is 18.2 Å². The Morgan fingerprint density at radius 3 is 2.83 bits per heavy atom. The van der Waals surface area contributed by atoms with Crippen LogP contribution in [0.2, 0.25) is 0 Å². The van der Waals surface area contributed by atoms with E-state index in [2.05, 4.69) is 10.3 Å². The molecular weight excluding hydrogens is 420 g/mol. The van der Waals surface area contributed by atoms with Crippen LogP contribution in [0.3, 0.4) is 0 Å². The van der Waals surface area contributed by atoms with Crippen LogP contribution in [0.4, 0.5) is 5.69 Å². The van der Waals surface area contributed by atoms with Gasteiger partial charge in [-0.15, -0.1) is 11.3 Å². The number of aromatic nitrogens is 1. The number of rotatable bonds is 8. The molecule has 1 amide bonds. The average Bonchev–Trinajstić information content (AvgIpc) is 3.08. The van der Waals surface area contributed by atoms with Crippen LogP contribution in [0.5, 0.6) is 0 Å². The second-order valence-electron chi connectivity index (χ2n) is 9.25. The van der Waals surface area contributed by atoms with Crippen LogP contribution < -0.4 is 5.32 Å². The Hall–Kier alpha value is -1.19. The Morgan fingerprint density at radius 1 is 1.30 bits per heavy atom. The van der Waals surface area contributed by atoms with E-state index in [0.29, 0.717) is 37.4 Å². The van der Waals surface area contributed by atoms with Crippen molar-refractivity contribution in [2.24, 2.45) is 17.3 Å². The van der Waals surface area contributed by atoms with Crippen molar-refractivity contribution < 1.29 is 19.4 Å². The van der Waals surface area contributed by atoms with Gasteiger partial charge in [-0.3, -0.25) is 4.79 Å².